The molecular weight excluding hydrogens is 1020 g/mol. The molecule has 14 N–H and O–H groups in total. The molecule has 8 aliphatic rings. The molecule has 1 unspecified atom stereocenters. The molecule has 23 nitrogen and oxygen atoms in total. The smallest absolute Gasteiger partial charge is 0.187 e. The van der Waals surface area contributed by atoms with Gasteiger partial charge in [-0.2, -0.15) is 0 Å². The van der Waals surface area contributed by atoms with Crippen LogP contribution >= 0.6 is 0 Å². The van der Waals surface area contributed by atoms with Crippen molar-refractivity contribution in [3.05, 3.63) is 11.6 Å². The third kappa shape index (κ3) is 10.7. The highest BCUT2D eigenvalue weighted by atomic mass is 16.8. The van der Waals surface area contributed by atoms with Crippen LogP contribution in [0.5, 0.6) is 0 Å². The molecule has 4 heterocycles. The summed E-state index contributed by atoms with van der Waals surface area (Å²) in [7, 11) is 0. The summed E-state index contributed by atoms with van der Waals surface area (Å²) in [4.78, 5) is 15.2. The van der Waals surface area contributed by atoms with Crippen molar-refractivity contribution in [2.24, 2.45) is 45.3 Å². The maximum atomic E-state index is 15.2. The Morgan fingerprint density at radius 1 is 0.649 bits per heavy atom. The van der Waals surface area contributed by atoms with Gasteiger partial charge in [-0.05, 0) is 100 Å². The largest absolute Gasteiger partial charge is 0.394 e. The van der Waals surface area contributed by atoms with Gasteiger partial charge in [0.25, 0.3) is 0 Å². The van der Waals surface area contributed by atoms with Crippen molar-refractivity contribution in [3.8, 4) is 0 Å². The summed E-state index contributed by atoms with van der Waals surface area (Å²) >= 11 is 0. The SMILES string of the molecule is C[C@H](CC[C@@H](O)C(C)(C)O[C@@H]1O[C@H](CO[C@@H]2O[C@H](CO)[C@@H](O)[C@H](O)[C@H]2O)[C@@H](O)[C@H](O)[C@H]1O)[C@H]1CC[C@@]2(C)C3CC=C4[C@@H](CC[C@H](O[C@@H]5O[C@H](CO)[C@@H](O)[C@H](O)[C@H]5O[C@@H]5O[C@@H](C)[C@H](O)[C@@H](O)[C@H]5O)C4(C)C)[C@]3(C)C(=O)C[C@]12C. The number of hydrogen-bond acceptors (Lipinski definition) is 23. The Labute approximate surface area is 450 Å². The highest BCUT2D eigenvalue weighted by molar-refractivity contribution is 5.88. The van der Waals surface area contributed by atoms with Crippen molar-refractivity contribution in [2.75, 3.05) is 19.8 Å². The molecular formula is C54H90O23. The third-order valence-corrected chi connectivity index (χ3v) is 20.6. The van der Waals surface area contributed by atoms with E-state index >= 15 is 4.79 Å². The number of fused-ring (bicyclic) bond motifs is 5. The molecule has 0 bridgehead atoms. The van der Waals surface area contributed by atoms with E-state index in [9.17, 15) is 71.5 Å². The lowest BCUT2D eigenvalue weighted by molar-refractivity contribution is -0.372. The van der Waals surface area contributed by atoms with E-state index in [1.165, 1.54) is 6.92 Å². The number of carbonyl (C=O) groups excluding carboxylic acids is 1. The Bertz CT molecular complexity index is 2060. The molecule has 77 heavy (non-hydrogen) atoms. The first-order chi connectivity index (χ1) is 35.9. The monoisotopic (exact) mass is 1110 g/mol. The second-order valence-electron chi connectivity index (χ2n) is 25.6. The normalized spacial score (nSPS) is 51.0. The maximum Gasteiger partial charge on any atom is 0.187 e. The van der Waals surface area contributed by atoms with Crippen LogP contribution in [0.4, 0.5) is 0 Å². The van der Waals surface area contributed by atoms with Crippen LogP contribution in [0.1, 0.15) is 114 Å². The van der Waals surface area contributed by atoms with E-state index in [4.69, 9.17) is 37.9 Å². The number of Topliss-reactive ketones (excluding diaryl/α,β-unsaturated/α-hetero) is 1. The van der Waals surface area contributed by atoms with Crippen LogP contribution in [0.25, 0.3) is 0 Å². The summed E-state index contributed by atoms with van der Waals surface area (Å²) < 4.78 is 47.4. The van der Waals surface area contributed by atoms with Crippen molar-refractivity contribution >= 4 is 5.78 Å². The first kappa shape index (κ1) is 61.6. The number of allylic oxidation sites excluding steroid dienone is 1. The van der Waals surface area contributed by atoms with Gasteiger partial charge in [-0.1, -0.05) is 53.2 Å². The van der Waals surface area contributed by atoms with Crippen molar-refractivity contribution in [1.29, 1.82) is 0 Å². The second-order valence-corrected chi connectivity index (χ2v) is 25.6. The first-order valence-corrected chi connectivity index (χ1v) is 27.8. The van der Waals surface area contributed by atoms with Crippen LogP contribution in [-0.2, 0) is 42.7 Å². The van der Waals surface area contributed by atoms with Crippen LogP contribution in [0, 0.1) is 45.3 Å². The average molecular weight is 1110 g/mol. The van der Waals surface area contributed by atoms with E-state index in [2.05, 4.69) is 47.6 Å². The minimum absolute atomic E-state index is 0.0141. The molecule has 7 fully saturated rings. The maximum absolute atomic E-state index is 15.2. The molecule has 3 saturated carbocycles. The van der Waals surface area contributed by atoms with Crippen LogP contribution in [0.2, 0.25) is 0 Å². The molecule has 0 amide bonds. The van der Waals surface area contributed by atoms with Gasteiger partial charge in [0, 0.05) is 17.3 Å². The first-order valence-electron chi connectivity index (χ1n) is 27.8. The van der Waals surface area contributed by atoms with E-state index in [-0.39, 0.29) is 46.7 Å². The molecule has 444 valence electrons. The summed E-state index contributed by atoms with van der Waals surface area (Å²) in [6.45, 7) is 15.8. The van der Waals surface area contributed by atoms with Crippen LogP contribution in [-0.4, -0.2) is 238 Å². The standard InChI is InChI=1S/C54H90O23/c1-22(10-14-31(57)51(5,6)77-48-44(69)40(65)37(62)29(74-48)21-70-46-42(67)39(64)35(60)27(19-55)72-46)24-16-17-52(7)30-13-11-25-26(54(30,9)32(58)18-53(24,52)8)12-15-33(50(25,3)4)75-49-45(41(66)36(61)28(20-56)73-49)76-47-43(68)38(63)34(59)23(2)71-47/h11,22-24,26-31,33-49,55-57,59-69H,10,12-21H2,1-9H3/t22-,23+,24-,26-,27-,28-,29-,30?,31-,33+,34+,35-,36-,37-,38-,39+,40+,41+,42-,43-,44-,45-,46-,47+,48+,49+,52+,53-,54+/m1/s1. The number of ketones is 1. The zero-order valence-corrected chi connectivity index (χ0v) is 45.8. The van der Waals surface area contributed by atoms with E-state index in [0.29, 0.717) is 32.1 Å². The molecule has 0 aromatic rings. The predicted octanol–water partition coefficient (Wildman–Crippen LogP) is -2.00. The Hall–Kier alpha value is -1.47. The molecule has 4 saturated heterocycles. The third-order valence-electron chi connectivity index (χ3n) is 20.6. The summed E-state index contributed by atoms with van der Waals surface area (Å²) in [5.74, 6) is 0.303. The van der Waals surface area contributed by atoms with Gasteiger partial charge in [-0.15, -0.1) is 0 Å². The van der Waals surface area contributed by atoms with Crippen molar-refractivity contribution < 1.29 is 114 Å². The number of ether oxygens (including phenoxy) is 8. The molecule has 0 radical (unpaired) electrons. The zero-order valence-electron chi connectivity index (χ0n) is 45.8. The van der Waals surface area contributed by atoms with Gasteiger partial charge in [-0.3, -0.25) is 4.79 Å². The Morgan fingerprint density at radius 3 is 1.84 bits per heavy atom. The Kier molecular flexibility index (Phi) is 18.4. The zero-order chi connectivity index (χ0) is 56.8. The van der Waals surface area contributed by atoms with Crippen molar-refractivity contribution in [3.63, 3.8) is 0 Å². The lowest BCUT2D eigenvalue weighted by Crippen LogP contribution is -2.65. The van der Waals surface area contributed by atoms with Gasteiger partial charge in [-0.25, -0.2) is 0 Å². The van der Waals surface area contributed by atoms with Gasteiger partial charge in [0.05, 0.1) is 43.7 Å². The Balaban J connectivity index is 0.911. The minimum Gasteiger partial charge on any atom is -0.394 e. The fourth-order valence-electron chi connectivity index (χ4n) is 15.3. The molecule has 0 spiro atoms. The Morgan fingerprint density at radius 2 is 1.21 bits per heavy atom. The molecule has 4 aliphatic carbocycles. The van der Waals surface area contributed by atoms with E-state index in [0.717, 1.165) is 18.4 Å². The molecule has 0 aromatic carbocycles. The quantitative estimate of drug-likeness (QED) is 0.0744. The predicted molar refractivity (Wildman–Crippen MR) is 265 cm³/mol. The average Bonchev–Trinajstić information content (AvgIpc) is 3.93. The van der Waals surface area contributed by atoms with Crippen LogP contribution < -0.4 is 0 Å². The van der Waals surface area contributed by atoms with Crippen molar-refractivity contribution in [1.82, 2.24) is 0 Å². The fourth-order valence-corrected chi connectivity index (χ4v) is 15.3. The van der Waals surface area contributed by atoms with Gasteiger partial charge in [0.1, 0.15) is 97.3 Å². The van der Waals surface area contributed by atoms with Crippen LogP contribution in [0.3, 0.4) is 0 Å². The van der Waals surface area contributed by atoms with E-state index in [1.54, 1.807) is 13.8 Å². The lowest BCUT2D eigenvalue weighted by atomic mass is 9.38. The highest BCUT2D eigenvalue weighted by Gasteiger charge is 2.71. The van der Waals surface area contributed by atoms with Gasteiger partial charge >= 0.3 is 0 Å². The lowest BCUT2D eigenvalue weighted by Gasteiger charge is -2.65. The van der Waals surface area contributed by atoms with E-state index in [1.807, 2.05) is 0 Å². The molecule has 4 aliphatic heterocycles. The molecule has 29 atom stereocenters. The summed E-state index contributed by atoms with van der Waals surface area (Å²) in [6, 6.07) is 0. The second kappa shape index (κ2) is 22.9. The minimum atomic E-state index is -1.77. The summed E-state index contributed by atoms with van der Waals surface area (Å²) in [6.07, 6.45) is -25.2. The van der Waals surface area contributed by atoms with Gasteiger partial charge in [0.2, 0.25) is 0 Å². The number of aliphatic hydroxyl groups is 14. The molecule has 0 aromatic heterocycles. The number of aliphatic hydroxyl groups excluding tert-OH is 14. The molecule has 8 rings (SSSR count). The fraction of sp³-hybridized carbons (Fsp3) is 0.944. The number of hydrogen-bond donors (Lipinski definition) is 14. The van der Waals surface area contributed by atoms with Crippen LogP contribution in [0.15, 0.2) is 11.6 Å². The van der Waals surface area contributed by atoms with Gasteiger partial charge in [0.15, 0.2) is 25.2 Å². The topological polar surface area (TPSA) is 374 Å². The summed E-state index contributed by atoms with van der Waals surface area (Å²) in [5.41, 5.74) is -2.28. The number of rotatable bonds is 16. The van der Waals surface area contributed by atoms with Gasteiger partial charge < -0.3 is 109 Å². The number of carbonyl (C=O) groups is 1. The highest BCUT2D eigenvalue weighted by Crippen LogP contribution is 2.74. The summed E-state index contributed by atoms with van der Waals surface area (Å²) in [5, 5.41) is 148. The van der Waals surface area contributed by atoms with Crippen molar-refractivity contribution in [2.45, 2.75) is 254 Å². The van der Waals surface area contributed by atoms with E-state index < -0.39 is 171 Å². The molecule has 23 heteroatoms.